The number of halogens is 1. The highest BCUT2D eigenvalue weighted by molar-refractivity contribution is 5.83. The fourth-order valence-corrected chi connectivity index (χ4v) is 3.53. The highest BCUT2D eigenvalue weighted by atomic mass is 19.1. The highest BCUT2D eigenvalue weighted by Gasteiger charge is 2.25. The van der Waals surface area contributed by atoms with Crippen LogP contribution in [0.25, 0.3) is 10.9 Å². The molecule has 0 aliphatic carbocycles. The molecule has 6 nitrogen and oxygen atoms in total. The minimum Gasteiger partial charge on any atom is -0.368 e. The van der Waals surface area contributed by atoms with Crippen LogP contribution in [0, 0.1) is 5.82 Å². The first kappa shape index (κ1) is 17.5. The Balaban J connectivity index is 1.34. The zero-order valence-electron chi connectivity index (χ0n) is 14.9. The minimum absolute atomic E-state index is 0.0268. The van der Waals surface area contributed by atoms with Crippen LogP contribution in [-0.2, 0) is 11.2 Å². The molecule has 0 spiro atoms. The van der Waals surface area contributed by atoms with E-state index in [1.54, 1.807) is 18.3 Å². The topological polar surface area (TPSA) is 78.2 Å². The van der Waals surface area contributed by atoms with Crippen molar-refractivity contribution < 1.29 is 9.18 Å². The molecule has 1 aromatic heterocycles. The number of nitrogens with two attached hydrogens (primary N) is 1. The first-order valence-electron chi connectivity index (χ1n) is 9.07. The van der Waals surface area contributed by atoms with Crippen molar-refractivity contribution in [1.29, 1.82) is 0 Å². The van der Waals surface area contributed by atoms with Crippen LogP contribution in [0.4, 0.5) is 10.1 Å². The van der Waals surface area contributed by atoms with Crippen molar-refractivity contribution in [1.82, 2.24) is 15.1 Å². The summed E-state index contributed by atoms with van der Waals surface area (Å²) < 4.78 is 13.1. The highest BCUT2D eigenvalue weighted by Crippen LogP contribution is 2.18. The zero-order valence-corrected chi connectivity index (χ0v) is 14.9. The number of carbonyl (C=O) groups is 1. The number of nitrogens with one attached hydrogen (secondary N) is 1. The molecule has 0 saturated carbocycles. The summed E-state index contributed by atoms with van der Waals surface area (Å²) in [6.45, 7) is 2.66. The van der Waals surface area contributed by atoms with Crippen molar-refractivity contribution in [2.45, 2.75) is 12.5 Å². The second kappa shape index (κ2) is 7.36. The van der Waals surface area contributed by atoms with Gasteiger partial charge in [-0.05, 0) is 48.4 Å². The lowest BCUT2D eigenvalue weighted by Gasteiger charge is -2.37. The molecule has 2 heterocycles. The first-order valence-corrected chi connectivity index (χ1v) is 9.07. The first-order chi connectivity index (χ1) is 13.1. The summed E-state index contributed by atoms with van der Waals surface area (Å²) in [6.07, 6.45) is 2.26. The second-order valence-electron chi connectivity index (χ2n) is 6.89. The number of hydrogen-bond donors (Lipinski definition) is 2. The quantitative estimate of drug-likeness (QED) is 0.739. The Hall–Kier alpha value is -2.93. The van der Waals surface area contributed by atoms with Gasteiger partial charge < -0.3 is 15.5 Å². The van der Waals surface area contributed by atoms with Gasteiger partial charge in [0.25, 0.3) is 0 Å². The summed E-state index contributed by atoms with van der Waals surface area (Å²) in [5, 5.41) is 7.94. The predicted molar refractivity (Wildman–Crippen MR) is 103 cm³/mol. The summed E-state index contributed by atoms with van der Waals surface area (Å²) in [5.41, 5.74) is 9.16. The molecule has 1 amide bonds. The second-order valence-corrected chi connectivity index (χ2v) is 6.89. The maximum Gasteiger partial charge on any atom is 0.239 e. The number of piperazine rings is 1. The number of H-pyrrole nitrogens is 1. The lowest BCUT2D eigenvalue weighted by molar-refractivity contribution is -0.132. The Kier molecular flexibility index (Phi) is 4.77. The number of hydrogen-bond acceptors (Lipinski definition) is 4. The maximum atomic E-state index is 13.1. The average Bonchev–Trinajstić information content (AvgIpc) is 3.16. The van der Waals surface area contributed by atoms with E-state index < -0.39 is 6.04 Å². The van der Waals surface area contributed by atoms with Crippen LogP contribution in [0.5, 0.6) is 0 Å². The molecule has 3 N–H and O–H groups in total. The Labute approximate surface area is 156 Å². The van der Waals surface area contributed by atoms with Crippen molar-refractivity contribution in [3.8, 4) is 0 Å². The van der Waals surface area contributed by atoms with Crippen LogP contribution in [-0.4, -0.2) is 53.2 Å². The molecule has 1 fully saturated rings. The van der Waals surface area contributed by atoms with Gasteiger partial charge in [-0.1, -0.05) is 6.07 Å². The number of rotatable bonds is 4. The van der Waals surface area contributed by atoms with E-state index in [0.717, 1.165) is 22.2 Å². The molecule has 1 atom stereocenters. The van der Waals surface area contributed by atoms with Gasteiger partial charge in [-0.3, -0.25) is 9.89 Å². The number of benzene rings is 2. The van der Waals surface area contributed by atoms with Gasteiger partial charge in [0, 0.05) is 37.3 Å². The minimum atomic E-state index is -0.563. The van der Waals surface area contributed by atoms with Crippen LogP contribution in [0.2, 0.25) is 0 Å². The summed E-state index contributed by atoms with van der Waals surface area (Å²) in [4.78, 5) is 16.7. The van der Waals surface area contributed by atoms with Crippen LogP contribution in [0.1, 0.15) is 5.56 Å². The number of anilines is 1. The zero-order chi connectivity index (χ0) is 18.8. The van der Waals surface area contributed by atoms with Gasteiger partial charge in [0.1, 0.15) is 5.82 Å². The van der Waals surface area contributed by atoms with E-state index in [1.165, 1.54) is 12.1 Å². The number of fused-ring (bicyclic) bond motifs is 1. The fourth-order valence-electron chi connectivity index (χ4n) is 3.53. The molecule has 0 radical (unpaired) electrons. The molecule has 2 aromatic carbocycles. The van der Waals surface area contributed by atoms with E-state index in [4.69, 9.17) is 5.73 Å². The normalized spacial score (nSPS) is 15.9. The van der Waals surface area contributed by atoms with Crippen LogP contribution in [0.15, 0.2) is 48.7 Å². The van der Waals surface area contributed by atoms with E-state index in [0.29, 0.717) is 32.6 Å². The van der Waals surface area contributed by atoms with Crippen molar-refractivity contribution in [3.05, 3.63) is 60.0 Å². The molecular weight excluding hydrogens is 345 g/mol. The number of carbonyl (C=O) groups excluding carboxylic acids is 1. The van der Waals surface area contributed by atoms with E-state index in [1.807, 2.05) is 23.1 Å². The lowest BCUT2D eigenvalue weighted by Crippen LogP contribution is -2.53. The molecule has 27 heavy (non-hydrogen) atoms. The molecule has 7 heteroatoms. The summed E-state index contributed by atoms with van der Waals surface area (Å²) in [6, 6.07) is 11.8. The van der Waals surface area contributed by atoms with Gasteiger partial charge in [-0.15, -0.1) is 0 Å². The predicted octanol–water partition coefficient (Wildman–Crippen LogP) is 1.92. The van der Waals surface area contributed by atoms with Gasteiger partial charge >= 0.3 is 0 Å². The molecule has 3 aromatic rings. The summed E-state index contributed by atoms with van der Waals surface area (Å²) >= 11 is 0. The van der Waals surface area contributed by atoms with Gasteiger partial charge in [-0.2, -0.15) is 5.10 Å². The fraction of sp³-hybridized carbons (Fsp3) is 0.300. The van der Waals surface area contributed by atoms with Crippen molar-refractivity contribution in [2.24, 2.45) is 5.73 Å². The lowest BCUT2D eigenvalue weighted by atomic mass is 10.0. The monoisotopic (exact) mass is 367 g/mol. The molecule has 1 unspecified atom stereocenters. The van der Waals surface area contributed by atoms with Gasteiger partial charge in [0.2, 0.25) is 5.91 Å². The largest absolute Gasteiger partial charge is 0.368 e. The molecule has 4 rings (SSSR count). The Morgan fingerprint density at radius 3 is 2.63 bits per heavy atom. The number of aromatic amines is 1. The third-order valence-corrected chi connectivity index (χ3v) is 5.06. The Bertz CT molecular complexity index is 931. The van der Waals surface area contributed by atoms with Gasteiger partial charge in [0.15, 0.2) is 0 Å². The molecule has 1 aliphatic rings. The summed E-state index contributed by atoms with van der Waals surface area (Å²) in [7, 11) is 0. The molecule has 1 aliphatic heterocycles. The van der Waals surface area contributed by atoms with Crippen molar-refractivity contribution in [3.63, 3.8) is 0 Å². The smallest absolute Gasteiger partial charge is 0.239 e. The van der Waals surface area contributed by atoms with E-state index in [2.05, 4.69) is 15.1 Å². The van der Waals surface area contributed by atoms with E-state index in [9.17, 15) is 9.18 Å². The number of aromatic nitrogens is 2. The molecule has 0 bridgehead atoms. The number of amides is 1. The van der Waals surface area contributed by atoms with Crippen molar-refractivity contribution >= 4 is 22.5 Å². The third kappa shape index (κ3) is 3.78. The third-order valence-electron chi connectivity index (χ3n) is 5.06. The van der Waals surface area contributed by atoms with Crippen LogP contribution >= 0.6 is 0 Å². The molecular formula is C20H22FN5O. The van der Waals surface area contributed by atoms with Crippen molar-refractivity contribution in [2.75, 3.05) is 31.1 Å². The average molecular weight is 367 g/mol. The molecule has 1 saturated heterocycles. The Morgan fingerprint density at radius 1 is 1.15 bits per heavy atom. The standard InChI is InChI=1S/C20H22FN5O/c21-16-2-4-17(5-3-16)25-7-9-26(10-8-25)20(27)18(22)12-14-1-6-19-15(11-14)13-23-24-19/h1-6,11,13,18H,7-10,12,22H2,(H,23,24). The van der Waals surface area contributed by atoms with E-state index in [-0.39, 0.29) is 11.7 Å². The van der Waals surface area contributed by atoms with Gasteiger partial charge in [-0.25, -0.2) is 4.39 Å². The number of nitrogens with zero attached hydrogens (tertiary/aromatic N) is 3. The van der Waals surface area contributed by atoms with Crippen LogP contribution in [0.3, 0.4) is 0 Å². The summed E-state index contributed by atoms with van der Waals surface area (Å²) in [5.74, 6) is -0.270. The van der Waals surface area contributed by atoms with Gasteiger partial charge in [0.05, 0.1) is 17.8 Å². The maximum absolute atomic E-state index is 13.1. The molecule has 140 valence electrons. The van der Waals surface area contributed by atoms with Crippen LogP contribution < -0.4 is 10.6 Å². The van der Waals surface area contributed by atoms with E-state index >= 15 is 0 Å². The SMILES string of the molecule is NC(Cc1ccc2[nH]ncc2c1)C(=O)N1CCN(c2ccc(F)cc2)CC1. The Morgan fingerprint density at radius 2 is 1.89 bits per heavy atom.